The highest BCUT2D eigenvalue weighted by molar-refractivity contribution is 6.13. The maximum Gasteiger partial charge on any atom is 0.421 e. The highest BCUT2D eigenvalue weighted by Gasteiger charge is 2.30. The van der Waals surface area contributed by atoms with Gasteiger partial charge in [0, 0.05) is 6.42 Å². The molecule has 1 aliphatic rings. The Morgan fingerprint density at radius 1 is 1.33 bits per heavy atom. The van der Waals surface area contributed by atoms with E-state index in [0.29, 0.717) is 25.1 Å². The lowest BCUT2D eigenvalue weighted by Gasteiger charge is -2.26. The molecule has 0 N–H and O–H groups in total. The second-order valence-electron chi connectivity index (χ2n) is 4.33. The Bertz CT molecular complexity index is 456. The van der Waals surface area contributed by atoms with Gasteiger partial charge in [-0.05, 0) is 24.5 Å². The summed E-state index contributed by atoms with van der Waals surface area (Å²) in [5.41, 5.74) is 1.68. The van der Waals surface area contributed by atoms with Gasteiger partial charge in [0.1, 0.15) is 0 Å². The Morgan fingerprint density at radius 3 is 2.89 bits per heavy atom. The summed E-state index contributed by atoms with van der Waals surface area (Å²) in [4.78, 5) is 24.9. The van der Waals surface area contributed by atoms with Gasteiger partial charge < -0.3 is 4.74 Å². The van der Waals surface area contributed by atoms with E-state index in [1.165, 1.54) is 0 Å². The predicted octanol–water partition coefficient (Wildman–Crippen LogP) is 2.90. The molecule has 0 bridgehead atoms. The number of nitrogens with zero attached hydrogens (tertiary/aromatic N) is 1. The van der Waals surface area contributed by atoms with Gasteiger partial charge in [-0.2, -0.15) is 0 Å². The van der Waals surface area contributed by atoms with Crippen molar-refractivity contribution in [2.75, 3.05) is 11.5 Å². The lowest BCUT2D eigenvalue weighted by molar-refractivity contribution is -0.118. The van der Waals surface area contributed by atoms with E-state index in [0.717, 1.165) is 23.3 Å². The van der Waals surface area contributed by atoms with Crippen LogP contribution in [-0.4, -0.2) is 18.6 Å². The van der Waals surface area contributed by atoms with Crippen molar-refractivity contribution in [3.05, 3.63) is 29.8 Å². The third-order valence-electron chi connectivity index (χ3n) is 3.00. The molecule has 0 aromatic heterocycles. The van der Waals surface area contributed by atoms with E-state index in [-0.39, 0.29) is 5.91 Å². The minimum absolute atomic E-state index is 0.185. The van der Waals surface area contributed by atoms with E-state index in [1.807, 2.05) is 25.1 Å². The molecule has 0 spiro atoms. The van der Waals surface area contributed by atoms with Gasteiger partial charge in [0.05, 0.1) is 12.3 Å². The molecule has 2 rings (SSSR count). The number of unbranched alkanes of at least 4 members (excludes halogenated alkanes) is 1. The lowest BCUT2D eigenvalue weighted by Crippen LogP contribution is -2.40. The van der Waals surface area contributed by atoms with Crippen molar-refractivity contribution in [3.8, 4) is 0 Å². The van der Waals surface area contributed by atoms with Gasteiger partial charge in [-0.3, -0.25) is 4.79 Å². The maximum absolute atomic E-state index is 11.9. The van der Waals surface area contributed by atoms with Crippen LogP contribution in [0.1, 0.15) is 31.7 Å². The van der Waals surface area contributed by atoms with Crippen LogP contribution in [0.4, 0.5) is 10.5 Å². The Kier molecular flexibility index (Phi) is 3.97. The second-order valence-corrected chi connectivity index (χ2v) is 4.33. The monoisotopic (exact) mass is 247 g/mol. The number of carbonyl (C=O) groups excluding carboxylic acids is 2. The van der Waals surface area contributed by atoms with Crippen LogP contribution >= 0.6 is 0 Å². The average Bonchev–Trinajstić information content (AvgIpc) is 2.38. The van der Waals surface area contributed by atoms with Gasteiger partial charge >= 0.3 is 6.09 Å². The fourth-order valence-electron chi connectivity index (χ4n) is 2.00. The summed E-state index contributed by atoms with van der Waals surface area (Å²) < 4.78 is 5.12. The van der Waals surface area contributed by atoms with Crippen LogP contribution in [0.3, 0.4) is 0 Å². The molecule has 1 aromatic carbocycles. The van der Waals surface area contributed by atoms with Crippen molar-refractivity contribution < 1.29 is 14.3 Å². The highest BCUT2D eigenvalue weighted by atomic mass is 16.6. The summed E-state index contributed by atoms with van der Waals surface area (Å²) in [5.74, 6) is -0.185. The number of ether oxygens (including phenoxy) is 1. The van der Waals surface area contributed by atoms with Gasteiger partial charge in [-0.15, -0.1) is 0 Å². The third-order valence-corrected chi connectivity index (χ3v) is 3.00. The van der Waals surface area contributed by atoms with Crippen LogP contribution in [-0.2, 0) is 16.0 Å². The fraction of sp³-hybridized carbons (Fsp3) is 0.429. The van der Waals surface area contributed by atoms with E-state index in [9.17, 15) is 9.59 Å². The van der Waals surface area contributed by atoms with E-state index >= 15 is 0 Å². The molecule has 0 saturated carbocycles. The summed E-state index contributed by atoms with van der Waals surface area (Å²) >= 11 is 0. The predicted molar refractivity (Wildman–Crippen MR) is 68.5 cm³/mol. The van der Waals surface area contributed by atoms with Crippen molar-refractivity contribution >= 4 is 17.7 Å². The first-order chi connectivity index (χ1) is 8.74. The third kappa shape index (κ3) is 2.53. The Balaban J connectivity index is 2.16. The molecule has 0 radical (unpaired) electrons. The van der Waals surface area contributed by atoms with Crippen molar-refractivity contribution in [3.63, 3.8) is 0 Å². The molecule has 0 unspecified atom stereocenters. The van der Waals surface area contributed by atoms with E-state index in [2.05, 4.69) is 0 Å². The normalized spacial score (nSPS) is 14.3. The average molecular weight is 247 g/mol. The number of hydrogen-bond donors (Lipinski definition) is 0. The Morgan fingerprint density at radius 2 is 2.11 bits per heavy atom. The minimum atomic E-state index is -0.555. The molecule has 96 valence electrons. The molecule has 0 saturated heterocycles. The van der Waals surface area contributed by atoms with Crippen LogP contribution in [0.5, 0.6) is 0 Å². The minimum Gasteiger partial charge on any atom is -0.449 e. The molecular weight excluding hydrogens is 230 g/mol. The molecule has 0 fully saturated rings. The summed E-state index contributed by atoms with van der Waals surface area (Å²) in [7, 11) is 0. The maximum atomic E-state index is 11.9. The van der Waals surface area contributed by atoms with Crippen molar-refractivity contribution in [1.82, 2.24) is 0 Å². The van der Waals surface area contributed by atoms with Gasteiger partial charge in [0.15, 0.2) is 0 Å². The Labute approximate surface area is 107 Å². The van der Waals surface area contributed by atoms with Gasteiger partial charge in [-0.1, -0.05) is 31.5 Å². The molecule has 4 nitrogen and oxygen atoms in total. The summed E-state index contributed by atoms with van der Waals surface area (Å²) in [6, 6.07) is 7.46. The zero-order valence-corrected chi connectivity index (χ0v) is 10.5. The largest absolute Gasteiger partial charge is 0.449 e. The topological polar surface area (TPSA) is 46.6 Å². The first-order valence-corrected chi connectivity index (χ1v) is 6.31. The van der Waals surface area contributed by atoms with Crippen molar-refractivity contribution in [1.29, 1.82) is 0 Å². The SMILES string of the molecule is CCCCOC(=O)N1C(=O)CCc2ccccc21. The number of amides is 2. The fourth-order valence-corrected chi connectivity index (χ4v) is 2.00. The summed E-state index contributed by atoms with van der Waals surface area (Å²) in [6.07, 6.45) is 2.27. The molecule has 0 aliphatic carbocycles. The number of imide groups is 1. The number of aryl methyl sites for hydroxylation is 1. The first-order valence-electron chi connectivity index (χ1n) is 6.31. The van der Waals surface area contributed by atoms with Crippen LogP contribution in [0.25, 0.3) is 0 Å². The van der Waals surface area contributed by atoms with E-state index in [1.54, 1.807) is 6.07 Å². The van der Waals surface area contributed by atoms with Gasteiger partial charge in [0.25, 0.3) is 0 Å². The van der Waals surface area contributed by atoms with Crippen LogP contribution in [0.15, 0.2) is 24.3 Å². The highest BCUT2D eigenvalue weighted by Crippen LogP contribution is 2.27. The van der Waals surface area contributed by atoms with Gasteiger partial charge in [0.2, 0.25) is 5.91 Å². The number of benzene rings is 1. The Hall–Kier alpha value is -1.84. The van der Waals surface area contributed by atoms with Crippen molar-refractivity contribution in [2.45, 2.75) is 32.6 Å². The van der Waals surface area contributed by atoms with Crippen LogP contribution < -0.4 is 4.90 Å². The molecule has 1 heterocycles. The lowest BCUT2D eigenvalue weighted by atomic mass is 10.0. The molecule has 1 aliphatic heterocycles. The number of carbonyl (C=O) groups is 2. The van der Waals surface area contributed by atoms with Gasteiger partial charge in [-0.25, -0.2) is 9.69 Å². The quantitative estimate of drug-likeness (QED) is 0.771. The van der Waals surface area contributed by atoms with Crippen LogP contribution in [0, 0.1) is 0 Å². The molecule has 0 atom stereocenters. The number of anilines is 1. The molecule has 1 aromatic rings. The number of hydrogen-bond acceptors (Lipinski definition) is 3. The zero-order valence-electron chi connectivity index (χ0n) is 10.5. The molecule has 4 heteroatoms. The smallest absolute Gasteiger partial charge is 0.421 e. The number of fused-ring (bicyclic) bond motifs is 1. The zero-order chi connectivity index (χ0) is 13.0. The van der Waals surface area contributed by atoms with Crippen LogP contribution in [0.2, 0.25) is 0 Å². The molecular formula is C14H17NO3. The molecule has 18 heavy (non-hydrogen) atoms. The number of para-hydroxylation sites is 1. The first kappa shape index (κ1) is 12.6. The van der Waals surface area contributed by atoms with E-state index in [4.69, 9.17) is 4.74 Å². The number of rotatable bonds is 3. The summed E-state index contributed by atoms with van der Waals surface area (Å²) in [5, 5.41) is 0. The van der Waals surface area contributed by atoms with Crippen molar-refractivity contribution in [2.24, 2.45) is 0 Å². The standard InChI is InChI=1S/C14H17NO3/c1-2-3-10-18-14(17)15-12-7-5-4-6-11(12)8-9-13(15)16/h4-7H,2-3,8-10H2,1H3. The second kappa shape index (κ2) is 5.67. The molecule has 2 amide bonds. The summed E-state index contributed by atoms with van der Waals surface area (Å²) in [6.45, 7) is 2.39. The van der Waals surface area contributed by atoms with E-state index < -0.39 is 6.09 Å².